The molecule has 0 atom stereocenters. The lowest BCUT2D eigenvalue weighted by atomic mass is 10.2. The normalized spacial score (nSPS) is 11.2. The number of hydrogen-bond donors (Lipinski definition) is 1. The van der Waals surface area contributed by atoms with Gasteiger partial charge in [0.25, 0.3) is 0 Å². The van der Waals surface area contributed by atoms with Gasteiger partial charge in [-0.15, -0.1) is 0 Å². The van der Waals surface area contributed by atoms with Crippen molar-refractivity contribution in [2.24, 2.45) is 0 Å². The highest BCUT2D eigenvalue weighted by Gasteiger charge is 2.13. The fourth-order valence-electron chi connectivity index (χ4n) is 2.10. The van der Waals surface area contributed by atoms with Gasteiger partial charge in [-0.3, -0.25) is 0 Å². The quantitative estimate of drug-likeness (QED) is 0.686. The molecule has 102 valence electrons. The SMILES string of the molecule is Nc1nc2cc(I)c(F)cc2n1Cc1ccccc1F. The van der Waals surface area contributed by atoms with Crippen molar-refractivity contribution in [3.8, 4) is 0 Å². The van der Waals surface area contributed by atoms with Gasteiger partial charge in [-0.2, -0.15) is 0 Å². The van der Waals surface area contributed by atoms with E-state index < -0.39 is 0 Å². The zero-order valence-corrected chi connectivity index (χ0v) is 12.4. The second-order valence-electron chi connectivity index (χ2n) is 4.40. The van der Waals surface area contributed by atoms with Gasteiger partial charge < -0.3 is 10.3 Å². The van der Waals surface area contributed by atoms with Crippen LogP contribution in [-0.2, 0) is 6.54 Å². The number of halogens is 3. The Kier molecular flexibility index (Phi) is 3.33. The monoisotopic (exact) mass is 385 g/mol. The van der Waals surface area contributed by atoms with E-state index in [-0.39, 0.29) is 24.1 Å². The maximum atomic E-state index is 13.7. The second kappa shape index (κ2) is 5.01. The predicted octanol–water partition coefficient (Wildman–Crippen LogP) is 3.55. The Bertz CT molecular complexity index is 798. The van der Waals surface area contributed by atoms with Gasteiger partial charge in [0.1, 0.15) is 11.6 Å². The van der Waals surface area contributed by atoms with Gasteiger partial charge in [0, 0.05) is 11.6 Å². The van der Waals surface area contributed by atoms with Crippen LogP contribution in [-0.4, -0.2) is 9.55 Å². The average molecular weight is 385 g/mol. The van der Waals surface area contributed by atoms with E-state index in [1.807, 2.05) is 22.6 Å². The van der Waals surface area contributed by atoms with Crippen LogP contribution < -0.4 is 5.73 Å². The first-order valence-electron chi connectivity index (χ1n) is 5.90. The number of benzene rings is 2. The second-order valence-corrected chi connectivity index (χ2v) is 5.56. The van der Waals surface area contributed by atoms with Crippen LogP contribution in [0.25, 0.3) is 11.0 Å². The summed E-state index contributed by atoms with van der Waals surface area (Å²) in [6.45, 7) is 0.217. The predicted molar refractivity (Wildman–Crippen MR) is 82.3 cm³/mol. The van der Waals surface area contributed by atoms with Crippen LogP contribution in [0.15, 0.2) is 36.4 Å². The third-order valence-corrected chi connectivity index (χ3v) is 3.93. The largest absolute Gasteiger partial charge is 0.369 e. The van der Waals surface area contributed by atoms with Crippen LogP contribution >= 0.6 is 22.6 Å². The summed E-state index contributed by atoms with van der Waals surface area (Å²) < 4.78 is 29.5. The molecule has 0 unspecified atom stereocenters. The van der Waals surface area contributed by atoms with Gasteiger partial charge in [0.15, 0.2) is 0 Å². The summed E-state index contributed by atoms with van der Waals surface area (Å²) in [6.07, 6.45) is 0. The number of anilines is 1. The Hall–Kier alpha value is -1.70. The van der Waals surface area contributed by atoms with E-state index in [2.05, 4.69) is 4.98 Å². The summed E-state index contributed by atoms with van der Waals surface area (Å²) >= 11 is 1.90. The number of fused-ring (bicyclic) bond motifs is 1. The van der Waals surface area contributed by atoms with E-state index in [0.717, 1.165) is 0 Å². The van der Waals surface area contributed by atoms with Crippen LogP contribution in [0.1, 0.15) is 5.56 Å². The molecule has 0 aliphatic carbocycles. The number of hydrogen-bond acceptors (Lipinski definition) is 2. The van der Waals surface area contributed by atoms with Gasteiger partial charge in [-0.25, -0.2) is 13.8 Å². The van der Waals surface area contributed by atoms with E-state index in [0.29, 0.717) is 20.2 Å². The molecule has 0 radical (unpaired) electrons. The molecule has 6 heteroatoms. The molecule has 0 aliphatic heterocycles. The lowest BCUT2D eigenvalue weighted by Crippen LogP contribution is -2.06. The molecule has 2 N–H and O–H groups in total. The number of nitrogen functional groups attached to an aromatic ring is 1. The maximum absolute atomic E-state index is 13.7. The molecular formula is C14H10F2IN3. The van der Waals surface area contributed by atoms with Crippen molar-refractivity contribution in [3.05, 3.63) is 57.2 Å². The Balaban J connectivity index is 2.14. The molecule has 0 fully saturated rings. The van der Waals surface area contributed by atoms with Gasteiger partial charge in [0.2, 0.25) is 5.95 Å². The Morgan fingerprint density at radius 1 is 1.15 bits per heavy atom. The van der Waals surface area contributed by atoms with Crippen LogP contribution in [0.2, 0.25) is 0 Å². The summed E-state index contributed by atoms with van der Waals surface area (Å²) in [5, 5.41) is 0. The van der Waals surface area contributed by atoms with E-state index >= 15 is 0 Å². The van der Waals surface area contributed by atoms with E-state index in [9.17, 15) is 8.78 Å². The minimum Gasteiger partial charge on any atom is -0.369 e. The van der Waals surface area contributed by atoms with Crippen molar-refractivity contribution >= 4 is 39.6 Å². The molecule has 0 spiro atoms. The van der Waals surface area contributed by atoms with Crippen molar-refractivity contribution in [1.29, 1.82) is 0 Å². The summed E-state index contributed by atoms with van der Waals surface area (Å²) in [6, 6.07) is 9.42. The molecule has 0 bridgehead atoms. The molecule has 1 aromatic heterocycles. The summed E-state index contributed by atoms with van der Waals surface area (Å²) in [7, 11) is 0. The fraction of sp³-hybridized carbons (Fsp3) is 0.0714. The lowest BCUT2D eigenvalue weighted by molar-refractivity contribution is 0.601. The third kappa shape index (κ3) is 2.24. The first kappa shape index (κ1) is 13.3. The number of nitrogens with two attached hydrogens (primary N) is 1. The fourth-order valence-corrected chi connectivity index (χ4v) is 2.55. The van der Waals surface area contributed by atoms with Gasteiger partial charge >= 0.3 is 0 Å². The molecule has 0 amide bonds. The number of nitrogens with zero attached hydrogens (tertiary/aromatic N) is 2. The summed E-state index contributed by atoms with van der Waals surface area (Å²) in [5.41, 5.74) is 7.50. The average Bonchev–Trinajstić information content (AvgIpc) is 2.69. The molecule has 2 aromatic carbocycles. The Labute approximate surface area is 127 Å². The van der Waals surface area contributed by atoms with Crippen molar-refractivity contribution in [2.45, 2.75) is 6.54 Å². The third-order valence-electron chi connectivity index (χ3n) is 3.11. The van der Waals surface area contributed by atoms with Crippen molar-refractivity contribution < 1.29 is 8.78 Å². The van der Waals surface area contributed by atoms with E-state index in [4.69, 9.17) is 5.73 Å². The maximum Gasteiger partial charge on any atom is 0.201 e. The molecule has 20 heavy (non-hydrogen) atoms. The van der Waals surface area contributed by atoms with Gasteiger partial charge in [0.05, 0.1) is 21.1 Å². The smallest absolute Gasteiger partial charge is 0.201 e. The first-order valence-corrected chi connectivity index (χ1v) is 6.98. The van der Waals surface area contributed by atoms with Crippen LogP contribution in [0.5, 0.6) is 0 Å². The topological polar surface area (TPSA) is 43.8 Å². The van der Waals surface area contributed by atoms with E-state index in [1.165, 1.54) is 12.1 Å². The molecule has 0 saturated carbocycles. The number of imidazole rings is 1. The van der Waals surface area contributed by atoms with E-state index in [1.54, 1.807) is 28.8 Å². The molecule has 3 nitrogen and oxygen atoms in total. The molecule has 3 aromatic rings. The van der Waals surface area contributed by atoms with Gasteiger partial charge in [-0.1, -0.05) is 18.2 Å². The molecule has 1 heterocycles. The van der Waals surface area contributed by atoms with Crippen molar-refractivity contribution in [2.75, 3.05) is 5.73 Å². The highest BCUT2D eigenvalue weighted by molar-refractivity contribution is 14.1. The molecule has 0 saturated heterocycles. The minimum atomic E-state index is -0.340. The molecule has 3 rings (SSSR count). The first-order chi connectivity index (χ1) is 9.56. The van der Waals surface area contributed by atoms with Crippen LogP contribution in [0.3, 0.4) is 0 Å². The number of aromatic nitrogens is 2. The zero-order chi connectivity index (χ0) is 14.3. The molecular weight excluding hydrogens is 375 g/mol. The number of rotatable bonds is 2. The summed E-state index contributed by atoms with van der Waals surface area (Å²) in [4.78, 5) is 4.19. The summed E-state index contributed by atoms with van der Waals surface area (Å²) in [5.74, 6) is -0.419. The zero-order valence-electron chi connectivity index (χ0n) is 10.3. The van der Waals surface area contributed by atoms with Gasteiger partial charge in [-0.05, 0) is 34.7 Å². The molecule has 0 aliphatic rings. The van der Waals surface area contributed by atoms with Crippen molar-refractivity contribution in [3.63, 3.8) is 0 Å². The highest BCUT2D eigenvalue weighted by atomic mass is 127. The Morgan fingerprint density at radius 2 is 1.90 bits per heavy atom. The Morgan fingerprint density at radius 3 is 2.65 bits per heavy atom. The standard InChI is InChI=1S/C14H10F2IN3/c15-9-4-2-1-3-8(9)7-20-13-5-10(16)11(17)6-12(13)19-14(20)18/h1-6H,7H2,(H2,18,19). The van der Waals surface area contributed by atoms with Crippen LogP contribution in [0.4, 0.5) is 14.7 Å². The minimum absolute atomic E-state index is 0.217. The lowest BCUT2D eigenvalue weighted by Gasteiger charge is -2.07. The van der Waals surface area contributed by atoms with Crippen molar-refractivity contribution in [1.82, 2.24) is 9.55 Å². The van der Waals surface area contributed by atoms with Crippen LogP contribution in [0, 0.1) is 15.2 Å². The highest BCUT2D eigenvalue weighted by Crippen LogP contribution is 2.24.